The van der Waals surface area contributed by atoms with Crippen LogP contribution < -0.4 is 0 Å². The third-order valence-corrected chi connectivity index (χ3v) is 4.46. The molecule has 0 aliphatic carbocycles. The van der Waals surface area contributed by atoms with Crippen LogP contribution in [0.15, 0.2) is 40.8 Å². The molecule has 1 aliphatic heterocycles. The lowest BCUT2D eigenvalue weighted by Crippen LogP contribution is -2.48. The number of piperidine rings is 1. The second-order valence-electron chi connectivity index (χ2n) is 6.34. The lowest BCUT2D eigenvalue weighted by Gasteiger charge is -2.37. The summed E-state index contributed by atoms with van der Waals surface area (Å²) in [5, 5.41) is 9.35. The number of hydrogen-bond donors (Lipinski definition) is 1. The summed E-state index contributed by atoms with van der Waals surface area (Å²) in [4.78, 5) is 25.5. The number of likely N-dealkylation sites (tertiary alicyclic amines) is 1. The maximum Gasteiger partial charge on any atom is 0.311 e. The van der Waals surface area contributed by atoms with Crippen LogP contribution in [0.3, 0.4) is 0 Å². The SMILES string of the molecule is CC1(C(=O)O)CCCN(C(=O)c2ccc(-c3ccccc3F)o2)C1. The summed E-state index contributed by atoms with van der Waals surface area (Å²) in [6.45, 7) is 2.26. The lowest BCUT2D eigenvalue weighted by atomic mass is 9.82. The second-order valence-corrected chi connectivity index (χ2v) is 6.34. The highest BCUT2D eigenvalue weighted by Gasteiger charge is 2.40. The monoisotopic (exact) mass is 331 g/mol. The maximum absolute atomic E-state index is 13.8. The molecule has 0 spiro atoms. The van der Waals surface area contributed by atoms with Crippen LogP contribution in [0.1, 0.15) is 30.3 Å². The minimum atomic E-state index is -0.950. The standard InChI is InChI=1S/C18H18FNO4/c1-18(17(22)23)9-4-10-20(11-18)16(21)15-8-7-14(24-15)12-5-2-3-6-13(12)19/h2-3,5-8H,4,9-11H2,1H3,(H,22,23). The van der Waals surface area contributed by atoms with Crippen LogP contribution in [0.25, 0.3) is 11.3 Å². The van der Waals surface area contributed by atoms with Crippen LogP contribution in [-0.4, -0.2) is 35.0 Å². The van der Waals surface area contributed by atoms with Crippen molar-refractivity contribution in [1.82, 2.24) is 4.90 Å². The van der Waals surface area contributed by atoms with E-state index in [2.05, 4.69) is 0 Å². The summed E-state index contributed by atoms with van der Waals surface area (Å²) in [5.41, 5.74) is -0.667. The predicted octanol–water partition coefficient (Wildman–Crippen LogP) is 3.41. The highest BCUT2D eigenvalue weighted by atomic mass is 19.1. The van der Waals surface area contributed by atoms with Gasteiger partial charge in [0.15, 0.2) is 5.76 Å². The van der Waals surface area contributed by atoms with Crippen LogP contribution in [-0.2, 0) is 4.79 Å². The van der Waals surface area contributed by atoms with Gasteiger partial charge in [0.2, 0.25) is 0 Å². The Balaban J connectivity index is 1.81. The second kappa shape index (κ2) is 6.11. The van der Waals surface area contributed by atoms with Crippen LogP contribution in [0.2, 0.25) is 0 Å². The number of carboxylic acid groups (broad SMARTS) is 1. The average Bonchev–Trinajstić information content (AvgIpc) is 3.04. The van der Waals surface area contributed by atoms with Crippen molar-refractivity contribution in [2.75, 3.05) is 13.1 Å². The topological polar surface area (TPSA) is 70.8 Å². The van der Waals surface area contributed by atoms with Crippen molar-refractivity contribution in [1.29, 1.82) is 0 Å². The molecule has 1 amide bonds. The number of halogens is 1. The summed E-state index contributed by atoms with van der Waals surface area (Å²) in [5.74, 6) is -1.35. The van der Waals surface area contributed by atoms with E-state index >= 15 is 0 Å². The Hall–Kier alpha value is -2.63. The molecule has 1 aromatic carbocycles. The van der Waals surface area contributed by atoms with E-state index in [1.54, 1.807) is 31.2 Å². The minimum Gasteiger partial charge on any atom is -0.481 e. The zero-order valence-electron chi connectivity index (χ0n) is 13.3. The molecule has 1 saturated heterocycles. The molecule has 1 atom stereocenters. The van der Waals surface area contributed by atoms with E-state index in [1.807, 2.05) is 0 Å². The van der Waals surface area contributed by atoms with Crippen LogP contribution in [0.4, 0.5) is 4.39 Å². The van der Waals surface area contributed by atoms with Gasteiger partial charge in [-0.2, -0.15) is 0 Å². The van der Waals surface area contributed by atoms with Crippen molar-refractivity contribution < 1.29 is 23.5 Å². The van der Waals surface area contributed by atoms with Gasteiger partial charge in [-0.1, -0.05) is 12.1 Å². The Labute approximate surface area is 138 Å². The Morgan fingerprint density at radius 1 is 1.25 bits per heavy atom. The van der Waals surface area contributed by atoms with Crippen LogP contribution >= 0.6 is 0 Å². The van der Waals surface area contributed by atoms with Gasteiger partial charge in [0.05, 0.1) is 11.0 Å². The first-order chi connectivity index (χ1) is 11.4. The number of carbonyl (C=O) groups excluding carboxylic acids is 1. The molecule has 2 heterocycles. The van der Waals surface area contributed by atoms with Crippen LogP contribution in [0.5, 0.6) is 0 Å². The molecule has 126 valence electrons. The van der Waals surface area contributed by atoms with Crippen molar-refractivity contribution in [3.05, 3.63) is 48.0 Å². The van der Waals surface area contributed by atoms with Gasteiger partial charge < -0.3 is 14.4 Å². The molecule has 0 bridgehead atoms. The molecule has 1 fully saturated rings. The number of aliphatic carboxylic acids is 1. The van der Waals surface area contributed by atoms with E-state index in [-0.39, 0.29) is 29.5 Å². The predicted molar refractivity (Wildman–Crippen MR) is 85.0 cm³/mol. The molecule has 0 radical (unpaired) electrons. The molecule has 1 unspecified atom stereocenters. The Morgan fingerprint density at radius 3 is 2.71 bits per heavy atom. The van der Waals surface area contributed by atoms with Gasteiger partial charge >= 0.3 is 5.97 Å². The molecule has 24 heavy (non-hydrogen) atoms. The maximum atomic E-state index is 13.8. The zero-order chi connectivity index (χ0) is 17.3. The van der Waals surface area contributed by atoms with E-state index in [9.17, 15) is 19.1 Å². The highest BCUT2D eigenvalue weighted by Crippen LogP contribution is 2.31. The summed E-state index contributed by atoms with van der Waals surface area (Å²) in [6, 6.07) is 9.20. The number of furan rings is 1. The largest absolute Gasteiger partial charge is 0.481 e. The fourth-order valence-corrected chi connectivity index (χ4v) is 3.00. The number of carbonyl (C=O) groups is 2. The van der Waals surface area contributed by atoms with Crippen molar-refractivity contribution in [2.24, 2.45) is 5.41 Å². The first-order valence-electron chi connectivity index (χ1n) is 7.78. The molecule has 3 rings (SSSR count). The summed E-state index contributed by atoms with van der Waals surface area (Å²) < 4.78 is 19.3. The molecule has 0 saturated carbocycles. The normalized spacial score (nSPS) is 20.8. The molecule has 5 nitrogen and oxygen atoms in total. The van der Waals surface area contributed by atoms with Gasteiger partial charge in [-0.25, -0.2) is 4.39 Å². The Bertz CT molecular complexity index is 785. The molecule has 1 aromatic heterocycles. The lowest BCUT2D eigenvalue weighted by molar-refractivity contribution is -0.150. The van der Waals surface area contributed by atoms with Crippen molar-refractivity contribution in [3.63, 3.8) is 0 Å². The van der Waals surface area contributed by atoms with E-state index in [4.69, 9.17) is 4.42 Å². The van der Waals surface area contributed by atoms with Gasteiger partial charge in [0.25, 0.3) is 5.91 Å². The van der Waals surface area contributed by atoms with Gasteiger partial charge in [0, 0.05) is 13.1 Å². The van der Waals surface area contributed by atoms with Gasteiger partial charge in [-0.15, -0.1) is 0 Å². The number of nitrogens with zero attached hydrogens (tertiary/aromatic N) is 1. The molecule has 2 aromatic rings. The Kier molecular flexibility index (Phi) is 4.13. The number of benzene rings is 1. The average molecular weight is 331 g/mol. The first kappa shape index (κ1) is 16.2. The smallest absolute Gasteiger partial charge is 0.311 e. The Morgan fingerprint density at radius 2 is 2.00 bits per heavy atom. The summed E-state index contributed by atoms with van der Waals surface area (Å²) in [6.07, 6.45) is 1.15. The van der Waals surface area contributed by atoms with Crippen molar-refractivity contribution in [3.8, 4) is 11.3 Å². The fourth-order valence-electron chi connectivity index (χ4n) is 3.00. The molecule has 1 aliphatic rings. The number of rotatable bonds is 3. The van der Waals surface area contributed by atoms with Gasteiger partial charge in [-0.3, -0.25) is 9.59 Å². The van der Waals surface area contributed by atoms with Gasteiger partial charge in [0.1, 0.15) is 11.6 Å². The van der Waals surface area contributed by atoms with E-state index in [0.717, 1.165) is 0 Å². The van der Waals surface area contributed by atoms with E-state index in [0.29, 0.717) is 19.4 Å². The van der Waals surface area contributed by atoms with E-state index in [1.165, 1.54) is 17.0 Å². The first-order valence-corrected chi connectivity index (χ1v) is 7.78. The molecular weight excluding hydrogens is 313 g/mol. The third-order valence-electron chi connectivity index (χ3n) is 4.46. The zero-order valence-corrected chi connectivity index (χ0v) is 13.3. The highest BCUT2D eigenvalue weighted by molar-refractivity contribution is 5.92. The summed E-state index contributed by atoms with van der Waals surface area (Å²) in [7, 11) is 0. The van der Waals surface area contributed by atoms with Crippen LogP contribution in [0, 0.1) is 11.2 Å². The number of carboxylic acids is 1. The number of amides is 1. The summed E-state index contributed by atoms with van der Waals surface area (Å²) >= 11 is 0. The quantitative estimate of drug-likeness (QED) is 0.935. The van der Waals surface area contributed by atoms with Gasteiger partial charge in [-0.05, 0) is 44.0 Å². The molecular formula is C18H18FNO4. The molecule has 1 N–H and O–H groups in total. The van der Waals surface area contributed by atoms with Crippen molar-refractivity contribution >= 4 is 11.9 Å². The number of hydrogen-bond acceptors (Lipinski definition) is 3. The third kappa shape index (κ3) is 2.91. The fraction of sp³-hybridized carbons (Fsp3) is 0.333. The molecule has 6 heteroatoms. The minimum absolute atomic E-state index is 0.0860. The van der Waals surface area contributed by atoms with Crippen molar-refractivity contribution in [2.45, 2.75) is 19.8 Å². The van der Waals surface area contributed by atoms with E-state index < -0.39 is 17.2 Å².